The quantitative estimate of drug-likeness (QED) is 0.845. The maximum atomic E-state index is 12.5. The van der Waals surface area contributed by atoms with Crippen LogP contribution < -0.4 is 5.32 Å². The van der Waals surface area contributed by atoms with Gasteiger partial charge < -0.3 is 15.2 Å². The van der Waals surface area contributed by atoms with E-state index in [1.807, 2.05) is 24.4 Å². The van der Waals surface area contributed by atoms with Crippen molar-refractivity contribution >= 4 is 16.8 Å². The first-order valence-electron chi connectivity index (χ1n) is 9.29. The van der Waals surface area contributed by atoms with Gasteiger partial charge in [-0.15, -0.1) is 0 Å². The van der Waals surface area contributed by atoms with Crippen LogP contribution in [0.25, 0.3) is 10.9 Å². The molecule has 0 radical (unpaired) electrons. The highest BCUT2D eigenvalue weighted by atomic mass is 16.1. The average molecular weight is 342 g/mol. The highest BCUT2D eigenvalue weighted by molar-refractivity contribution is 5.88. The maximum Gasteiger partial charge on any atom is 0.224 e. The molecule has 1 fully saturated rings. The van der Waals surface area contributed by atoms with Crippen LogP contribution >= 0.6 is 0 Å². The number of hydrogen-bond acceptors (Lipinski definition) is 3. The number of carbonyl (C=O) groups is 1. The molecule has 2 N–H and O–H groups in total. The largest absolute Gasteiger partial charge is 0.361 e. The maximum absolute atomic E-state index is 12.5. The molecule has 5 heteroatoms. The molecule has 1 aromatic heterocycles. The van der Waals surface area contributed by atoms with Crippen LogP contribution in [-0.2, 0) is 11.2 Å². The zero-order valence-electron chi connectivity index (χ0n) is 15.6. The number of carbonyl (C=O) groups excluding carboxylic acids is 1. The number of amides is 1. The molecule has 1 atom stereocenters. The second kappa shape index (κ2) is 8.02. The Hall–Kier alpha value is -1.85. The Morgan fingerprint density at radius 3 is 2.64 bits per heavy atom. The van der Waals surface area contributed by atoms with Crippen molar-refractivity contribution in [3.63, 3.8) is 0 Å². The molecule has 2 heterocycles. The predicted molar refractivity (Wildman–Crippen MR) is 103 cm³/mol. The van der Waals surface area contributed by atoms with Gasteiger partial charge in [-0.25, -0.2) is 0 Å². The lowest BCUT2D eigenvalue weighted by Crippen LogP contribution is -2.54. The van der Waals surface area contributed by atoms with Gasteiger partial charge in [0.2, 0.25) is 5.91 Å². The van der Waals surface area contributed by atoms with Crippen molar-refractivity contribution in [2.75, 3.05) is 39.8 Å². The number of aromatic amines is 1. The Labute approximate surface area is 150 Å². The minimum absolute atomic E-state index is 0.101. The van der Waals surface area contributed by atoms with Crippen LogP contribution in [0, 0.1) is 5.92 Å². The standard InChI is InChI=1S/C20H30N4O/c1-15(2)19(24-10-8-23(3)9-11-24)14-22-20(25)12-16-13-21-18-7-5-4-6-17(16)18/h4-7,13,15,19,21H,8-12,14H2,1-3H3,(H,22,25). The second-order valence-corrected chi connectivity index (χ2v) is 7.49. The zero-order valence-corrected chi connectivity index (χ0v) is 15.6. The summed E-state index contributed by atoms with van der Waals surface area (Å²) in [6.07, 6.45) is 2.38. The predicted octanol–water partition coefficient (Wildman–Crippen LogP) is 2.10. The molecule has 1 saturated heterocycles. The Morgan fingerprint density at radius 1 is 1.20 bits per heavy atom. The summed E-state index contributed by atoms with van der Waals surface area (Å²) >= 11 is 0. The number of hydrogen-bond donors (Lipinski definition) is 2. The Balaban J connectivity index is 1.56. The fourth-order valence-electron chi connectivity index (χ4n) is 3.67. The number of likely N-dealkylation sites (N-methyl/N-ethyl adjacent to an activating group) is 1. The van der Waals surface area contributed by atoms with E-state index >= 15 is 0 Å². The number of rotatable bonds is 6. The van der Waals surface area contributed by atoms with E-state index < -0.39 is 0 Å². The summed E-state index contributed by atoms with van der Waals surface area (Å²) < 4.78 is 0. The van der Waals surface area contributed by atoms with Gasteiger partial charge in [-0.05, 0) is 24.6 Å². The van der Waals surface area contributed by atoms with Crippen molar-refractivity contribution in [1.29, 1.82) is 0 Å². The van der Waals surface area contributed by atoms with Crippen LogP contribution in [0.4, 0.5) is 0 Å². The van der Waals surface area contributed by atoms with E-state index in [-0.39, 0.29) is 5.91 Å². The van der Waals surface area contributed by atoms with Crippen LogP contribution in [0.15, 0.2) is 30.5 Å². The molecule has 136 valence electrons. The van der Waals surface area contributed by atoms with Crippen molar-refractivity contribution in [2.24, 2.45) is 5.92 Å². The number of nitrogens with one attached hydrogen (secondary N) is 2. The molecule has 1 aliphatic rings. The molecule has 1 aliphatic heterocycles. The third kappa shape index (κ3) is 4.41. The van der Waals surface area contributed by atoms with Gasteiger partial charge in [0, 0.05) is 55.9 Å². The van der Waals surface area contributed by atoms with Crippen molar-refractivity contribution in [2.45, 2.75) is 26.3 Å². The van der Waals surface area contributed by atoms with E-state index in [1.54, 1.807) is 0 Å². The number of H-pyrrole nitrogens is 1. The molecule has 0 aliphatic carbocycles. The first kappa shape index (κ1) is 18.0. The van der Waals surface area contributed by atoms with Gasteiger partial charge >= 0.3 is 0 Å². The number of piperazine rings is 1. The van der Waals surface area contributed by atoms with Crippen LogP contribution in [-0.4, -0.2) is 66.5 Å². The average Bonchev–Trinajstić information content (AvgIpc) is 2.99. The van der Waals surface area contributed by atoms with Gasteiger partial charge in [0.15, 0.2) is 0 Å². The smallest absolute Gasteiger partial charge is 0.224 e. The fourth-order valence-corrected chi connectivity index (χ4v) is 3.67. The number of para-hydroxylation sites is 1. The van der Waals surface area contributed by atoms with Crippen molar-refractivity contribution < 1.29 is 4.79 Å². The van der Waals surface area contributed by atoms with Gasteiger partial charge in [0.05, 0.1) is 6.42 Å². The Kier molecular flexibility index (Phi) is 5.76. The first-order valence-corrected chi connectivity index (χ1v) is 9.29. The molecular formula is C20H30N4O. The lowest BCUT2D eigenvalue weighted by Gasteiger charge is -2.39. The monoisotopic (exact) mass is 342 g/mol. The van der Waals surface area contributed by atoms with Crippen molar-refractivity contribution in [3.8, 4) is 0 Å². The summed E-state index contributed by atoms with van der Waals surface area (Å²) in [5.74, 6) is 0.626. The van der Waals surface area contributed by atoms with Crippen molar-refractivity contribution in [3.05, 3.63) is 36.0 Å². The summed E-state index contributed by atoms with van der Waals surface area (Å²) in [5.41, 5.74) is 2.15. The summed E-state index contributed by atoms with van der Waals surface area (Å²) in [4.78, 5) is 20.6. The normalized spacial score (nSPS) is 17.9. The van der Waals surface area contributed by atoms with Crippen LogP contribution in [0.2, 0.25) is 0 Å². The van der Waals surface area contributed by atoms with Gasteiger partial charge in [-0.1, -0.05) is 32.0 Å². The lowest BCUT2D eigenvalue weighted by atomic mass is 10.0. The molecule has 5 nitrogen and oxygen atoms in total. The molecular weight excluding hydrogens is 312 g/mol. The third-order valence-electron chi connectivity index (χ3n) is 5.31. The van der Waals surface area contributed by atoms with E-state index in [1.165, 1.54) is 0 Å². The second-order valence-electron chi connectivity index (χ2n) is 7.49. The third-order valence-corrected chi connectivity index (χ3v) is 5.31. The van der Waals surface area contributed by atoms with E-state index in [0.717, 1.165) is 49.2 Å². The van der Waals surface area contributed by atoms with E-state index in [4.69, 9.17) is 0 Å². The highest BCUT2D eigenvalue weighted by Crippen LogP contribution is 2.18. The Morgan fingerprint density at radius 2 is 1.92 bits per heavy atom. The highest BCUT2D eigenvalue weighted by Gasteiger charge is 2.25. The summed E-state index contributed by atoms with van der Waals surface area (Å²) in [6, 6.07) is 8.53. The number of nitrogens with zero attached hydrogens (tertiary/aromatic N) is 2. The molecule has 25 heavy (non-hydrogen) atoms. The number of benzene rings is 1. The Bertz CT molecular complexity index is 701. The van der Waals surface area contributed by atoms with Gasteiger partial charge in [0.1, 0.15) is 0 Å². The minimum Gasteiger partial charge on any atom is -0.361 e. The number of fused-ring (bicyclic) bond motifs is 1. The van der Waals surface area contributed by atoms with Crippen LogP contribution in [0.3, 0.4) is 0 Å². The molecule has 1 amide bonds. The number of aromatic nitrogens is 1. The molecule has 0 bridgehead atoms. The first-order chi connectivity index (χ1) is 12.0. The van der Waals surface area contributed by atoms with Gasteiger partial charge in [-0.2, -0.15) is 0 Å². The van der Waals surface area contributed by atoms with Crippen molar-refractivity contribution in [1.82, 2.24) is 20.1 Å². The zero-order chi connectivity index (χ0) is 17.8. The molecule has 0 saturated carbocycles. The summed E-state index contributed by atoms with van der Waals surface area (Å²) in [6.45, 7) is 9.58. The molecule has 1 unspecified atom stereocenters. The summed E-state index contributed by atoms with van der Waals surface area (Å²) in [5, 5.41) is 4.30. The fraction of sp³-hybridized carbons (Fsp3) is 0.550. The minimum atomic E-state index is 0.101. The molecule has 2 aromatic rings. The molecule has 1 aromatic carbocycles. The lowest BCUT2D eigenvalue weighted by molar-refractivity contribution is -0.120. The molecule has 0 spiro atoms. The van der Waals surface area contributed by atoms with Gasteiger partial charge in [-0.3, -0.25) is 9.69 Å². The topological polar surface area (TPSA) is 51.4 Å². The van der Waals surface area contributed by atoms with Gasteiger partial charge in [0.25, 0.3) is 0 Å². The molecule has 3 rings (SSSR count). The van der Waals surface area contributed by atoms with E-state index in [2.05, 4.69) is 47.1 Å². The van der Waals surface area contributed by atoms with E-state index in [9.17, 15) is 4.79 Å². The van der Waals surface area contributed by atoms with Crippen LogP contribution in [0.5, 0.6) is 0 Å². The van der Waals surface area contributed by atoms with Crippen LogP contribution in [0.1, 0.15) is 19.4 Å². The van der Waals surface area contributed by atoms with E-state index in [0.29, 0.717) is 18.4 Å². The SMILES string of the molecule is CC(C)C(CNC(=O)Cc1c[nH]c2ccccc12)N1CCN(C)CC1. The summed E-state index contributed by atoms with van der Waals surface area (Å²) in [7, 11) is 2.17.